The maximum Gasteiger partial charge on any atom is 0.128 e. The first kappa shape index (κ1) is 13.9. The van der Waals surface area contributed by atoms with E-state index in [1.807, 2.05) is 31.2 Å². The first-order chi connectivity index (χ1) is 9.74. The number of ether oxygens (including phenoxy) is 1. The molecule has 2 N–H and O–H groups in total. The van der Waals surface area contributed by atoms with Crippen molar-refractivity contribution < 1.29 is 15.1 Å². The molecule has 4 nitrogen and oxygen atoms in total. The number of aromatic hydroxyl groups is 1. The fourth-order valence-electron chi connectivity index (χ4n) is 1.90. The van der Waals surface area contributed by atoms with E-state index in [0.717, 1.165) is 11.1 Å². The maximum absolute atomic E-state index is 9.24. The number of hydrogen-bond donors (Lipinski definition) is 2. The minimum atomic E-state index is 0.231. The molecule has 0 bridgehead atoms. The molecule has 0 saturated heterocycles. The Morgan fingerprint density at radius 1 is 1.10 bits per heavy atom. The van der Waals surface area contributed by atoms with Crippen molar-refractivity contribution in [3.05, 3.63) is 59.7 Å². The highest BCUT2D eigenvalue weighted by atomic mass is 16.5. The Morgan fingerprint density at radius 2 is 1.80 bits per heavy atom. The van der Waals surface area contributed by atoms with Crippen LogP contribution >= 0.6 is 0 Å². The van der Waals surface area contributed by atoms with Crippen LogP contribution < -0.4 is 4.74 Å². The molecule has 4 heteroatoms. The number of phenolic OH excluding ortho intramolecular Hbond substituents is 1. The molecule has 0 unspecified atom stereocenters. The van der Waals surface area contributed by atoms with Gasteiger partial charge in [0.25, 0.3) is 0 Å². The fourth-order valence-corrected chi connectivity index (χ4v) is 1.90. The van der Waals surface area contributed by atoms with Crippen molar-refractivity contribution in [2.24, 2.45) is 5.16 Å². The molecule has 20 heavy (non-hydrogen) atoms. The first-order valence-electron chi connectivity index (χ1n) is 6.45. The Bertz CT molecular complexity index is 591. The van der Waals surface area contributed by atoms with Gasteiger partial charge in [-0.15, -0.1) is 0 Å². The molecule has 0 aliphatic rings. The molecule has 0 aliphatic carbocycles. The fraction of sp³-hybridized carbons (Fsp3) is 0.188. The van der Waals surface area contributed by atoms with Crippen LogP contribution in [0.2, 0.25) is 0 Å². The van der Waals surface area contributed by atoms with Gasteiger partial charge in [0.1, 0.15) is 18.1 Å². The van der Waals surface area contributed by atoms with E-state index in [9.17, 15) is 5.11 Å². The number of hydrogen-bond acceptors (Lipinski definition) is 4. The molecule has 0 spiro atoms. The monoisotopic (exact) mass is 271 g/mol. The molecular formula is C16H17NO3. The first-order valence-corrected chi connectivity index (χ1v) is 6.45. The zero-order valence-corrected chi connectivity index (χ0v) is 11.3. The van der Waals surface area contributed by atoms with Crippen LogP contribution in [0.1, 0.15) is 24.5 Å². The van der Waals surface area contributed by atoms with Gasteiger partial charge in [0.15, 0.2) is 0 Å². The van der Waals surface area contributed by atoms with Gasteiger partial charge in [0, 0.05) is 5.56 Å². The molecule has 0 atom stereocenters. The standard InChI is InChI=1S/C16H17NO3/c1-2-15(17-19)14-5-3-4-6-16(14)20-11-12-7-9-13(18)10-8-12/h3-10,18-19H,2,11H2,1H3/b17-15-. The van der Waals surface area contributed by atoms with Crippen LogP contribution in [0, 0.1) is 0 Å². The van der Waals surface area contributed by atoms with E-state index in [1.54, 1.807) is 24.3 Å². The van der Waals surface area contributed by atoms with Gasteiger partial charge < -0.3 is 15.1 Å². The lowest BCUT2D eigenvalue weighted by molar-refractivity contribution is 0.303. The molecule has 0 saturated carbocycles. The van der Waals surface area contributed by atoms with E-state index < -0.39 is 0 Å². The third-order valence-corrected chi connectivity index (χ3v) is 2.98. The molecule has 0 heterocycles. The van der Waals surface area contributed by atoms with Crippen molar-refractivity contribution >= 4 is 5.71 Å². The van der Waals surface area contributed by atoms with Gasteiger partial charge in [0.05, 0.1) is 5.71 Å². The summed E-state index contributed by atoms with van der Waals surface area (Å²) >= 11 is 0. The lowest BCUT2D eigenvalue weighted by Gasteiger charge is -2.11. The van der Waals surface area contributed by atoms with Crippen molar-refractivity contribution in [1.82, 2.24) is 0 Å². The van der Waals surface area contributed by atoms with Crippen molar-refractivity contribution in [1.29, 1.82) is 0 Å². The average Bonchev–Trinajstić information content (AvgIpc) is 2.49. The Hall–Kier alpha value is -2.49. The number of rotatable bonds is 5. The number of phenols is 1. The van der Waals surface area contributed by atoms with Crippen molar-refractivity contribution in [2.75, 3.05) is 0 Å². The van der Waals surface area contributed by atoms with Gasteiger partial charge in [-0.2, -0.15) is 0 Å². The maximum atomic E-state index is 9.24. The predicted molar refractivity (Wildman–Crippen MR) is 77.5 cm³/mol. The van der Waals surface area contributed by atoms with Gasteiger partial charge in [-0.25, -0.2) is 0 Å². The summed E-state index contributed by atoms with van der Waals surface area (Å²) in [7, 11) is 0. The SMILES string of the molecule is CC/C(=N/O)c1ccccc1OCc1ccc(O)cc1. The second-order valence-electron chi connectivity index (χ2n) is 4.35. The second kappa shape index (κ2) is 6.61. The summed E-state index contributed by atoms with van der Waals surface area (Å²) in [5.74, 6) is 0.907. The van der Waals surface area contributed by atoms with E-state index in [2.05, 4.69) is 5.16 Å². The van der Waals surface area contributed by atoms with Crippen molar-refractivity contribution in [3.8, 4) is 11.5 Å². The Kier molecular flexibility index (Phi) is 4.60. The van der Waals surface area contributed by atoms with E-state index in [1.165, 1.54) is 0 Å². The zero-order valence-electron chi connectivity index (χ0n) is 11.3. The molecule has 104 valence electrons. The summed E-state index contributed by atoms with van der Waals surface area (Å²) in [5, 5.41) is 21.6. The van der Waals surface area contributed by atoms with Gasteiger partial charge in [0.2, 0.25) is 0 Å². The molecule has 0 aliphatic heterocycles. The predicted octanol–water partition coefficient (Wildman–Crippen LogP) is 3.56. The van der Waals surface area contributed by atoms with Gasteiger partial charge in [-0.3, -0.25) is 0 Å². The molecule has 2 aromatic carbocycles. The van der Waals surface area contributed by atoms with Crippen LogP contribution in [0.25, 0.3) is 0 Å². The summed E-state index contributed by atoms with van der Waals surface area (Å²) in [6, 6.07) is 14.3. The van der Waals surface area contributed by atoms with Crippen LogP contribution in [0.3, 0.4) is 0 Å². The van der Waals surface area contributed by atoms with E-state index in [0.29, 0.717) is 24.5 Å². The van der Waals surface area contributed by atoms with Gasteiger partial charge in [-0.05, 0) is 36.2 Å². The summed E-state index contributed by atoms with van der Waals surface area (Å²) in [5.41, 5.74) is 2.33. The largest absolute Gasteiger partial charge is 0.508 e. The van der Waals surface area contributed by atoms with Gasteiger partial charge >= 0.3 is 0 Å². The molecular weight excluding hydrogens is 254 g/mol. The summed E-state index contributed by atoms with van der Waals surface area (Å²) in [6.07, 6.45) is 0.621. The average molecular weight is 271 g/mol. The topological polar surface area (TPSA) is 62.1 Å². The van der Waals surface area contributed by atoms with Gasteiger partial charge in [-0.1, -0.05) is 36.3 Å². The highest BCUT2D eigenvalue weighted by molar-refractivity contribution is 6.02. The molecule has 0 amide bonds. The molecule has 0 radical (unpaired) electrons. The quantitative estimate of drug-likeness (QED) is 0.496. The zero-order chi connectivity index (χ0) is 14.4. The number of para-hydroxylation sites is 1. The van der Waals surface area contributed by atoms with E-state index in [4.69, 9.17) is 9.94 Å². The van der Waals surface area contributed by atoms with Crippen LogP contribution in [0.5, 0.6) is 11.5 Å². The lowest BCUT2D eigenvalue weighted by atomic mass is 10.1. The van der Waals surface area contributed by atoms with E-state index in [-0.39, 0.29) is 5.75 Å². The number of nitrogens with zero attached hydrogens (tertiary/aromatic N) is 1. The highest BCUT2D eigenvalue weighted by Crippen LogP contribution is 2.21. The van der Waals surface area contributed by atoms with Crippen LogP contribution in [0.4, 0.5) is 0 Å². The Labute approximate surface area is 117 Å². The highest BCUT2D eigenvalue weighted by Gasteiger charge is 2.09. The van der Waals surface area contributed by atoms with Crippen molar-refractivity contribution in [2.45, 2.75) is 20.0 Å². The number of oxime groups is 1. The number of benzene rings is 2. The smallest absolute Gasteiger partial charge is 0.128 e. The van der Waals surface area contributed by atoms with Crippen molar-refractivity contribution in [3.63, 3.8) is 0 Å². The molecule has 0 fully saturated rings. The molecule has 2 rings (SSSR count). The third kappa shape index (κ3) is 3.29. The Morgan fingerprint density at radius 3 is 2.45 bits per heavy atom. The van der Waals surface area contributed by atoms with Crippen LogP contribution in [-0.4, -0.2) is 16.0 Å². The summed E-state index contributed by atoms with van der Waals surface area (Å²) in [6.45, 7) is 2.31. The third-order valence-electron chi connectivity index (χ3n) is 2.98. The second-order valence-corrected chi connectivity index (χ2v) is 4.35. The minimum absolute atomic E-state index is 0.231. The Balaban J connectivity index is 2.15. The lowest BCUT2D eigenvalue weighted by Crippen LogP contribution is -2.04. The van der Waals surface area contributed by atoms with Crippen LogP contribution in [-0.2, 0) is 6.61 Å². The minimum Gasteiger partial charge on any atom is -0.508 e. The van der Waals surface area contributed by atoms with E-state index >= 15 is 0 Å². The molecule has 2 aromatic rings. The summed E-state index contributed by atoms with van der Waals surface area (Å²) in [4.78, 5) is 0. The summed E-state index contributed by atoms with van der Waals surface area (Å²) < 4.78 is 5.77. The van der Waals surface area contributed by atoms with Crippen LogP contribution in [0.15, 0.2) is 53.7 Å². The normalized spacial score (nSPS) is 11.3. The molecule has 0 aromatic heterocycles.